The van der Waals surface area contributed by atoms with Gasteiger partial charge in [-0.05, 0) is 50.8 Å². The largest absolute Gasteiger partial charge is 0.345 e. The third kappa shape index (κ3) is 3.64. The van der Waals surface area contributed by atoms with Crippen LogP contribution in [0.5, 0.6) is 0 Å². The number of nitrogens with zero attached hydrogens (tertiary/aromatic N) is 3. The number of hydrogen-bond acceptors (Lipinski definition) is 3. The molecule has 2 aromatic rings. The van der Waals surface area contributed by atoms with E-state index >= 15 is 0 Å². The SMILES string of the molecule is CC(C)N(C(=O)c1cc(S(=O)(=O)N2CCc3ccccc32)cn1C)C1CCCCC1. The van der Waals surface area contributed by atoms with Crippen molar-refractivity contribution in [2.24, 2.45) is 7.05 Å². The normalized spacial score (nSPS) is 17.4. The molecule has 1 aliphatic heterocycles. The second kappa shape index (κ2) is 8.10. The number of anilines is 1. The van der Waals surface area contributed by atoms with Gasteiger partial charge in [0.2, 0.25) is 0 Å². The number of fused-ring (bicyclic) bond motifs is 1. The van der Waals surface area contributed by atoms with Gasteiger partial charge in [0.15, 0.2) is 0 Å². The third-order valence-corrected chi connectivity index (χ3v) is 8.17. The highest BCUT2D eigenvalue weighted by atomic mass is 32.2. The average Bonchev–Trinajstić information content (AvgIpc) is 3.33. The van der Waals surface area contributed by atoms with Crippen LogP contribution in [-0.4, -0.2) is 42.4 Å². The number of hydrogen-bond donors (Lipinski definition) is 0. The minimum Gasteiger partial charge on any atom is -0.345 e. The molecular formula is C23H31N3O3S. The topological polar surface area (TPSA) is 62.6 Å². The monoisotopic (exact) mass is 429 g/mol. The summed E-state index contributed by atoms with van der Waals surface area (Å²) in [6, 6.07) is 9.45. The highest BCUT2D eigenvalue weighted by Gasteiger charge is 2.34. The summed E-state index contributed by atoms with van der Waals surface area (Å²) in [4.78, 5) is 15.6. The van der Waals surface area contributed by atoms with Crippen LogP contribution in [0.2, 0.25) is 0 Å². The van der Waals surface area contributed by atoms with E-state index in [1.807, 2.05) is 43.0 Å². The maximum absolute atomic E-state index is 13.5. The summed E-state index contributed by atoms with van der Waals surface area (Å²) >= 11 is 0. The van der Waals surface area contributed by atoms with E-state index < -0.39 is 10.0 Å². The van der Waals surface area contributed by atoms with Gasteiger partial charge in [0.1, 0.15) is 10.6 Å². The summed E-state index contributed by atoms with van der Waals surface area (Å²) in [7, 11) is -1.96. The van der Waals surface area contributed by atoms with Gasteiger partial charge >= 0.3 is 0 Å². The molecule has 0 saturated heterocycles. The minimum atomic E-state index is -3.72. The van der Waals surface area contributed by atoms with Crippen molar-refractivity contribution in [1.29, 1.82) is 0 Å². The van der Waals surface area contributed by atoms with E-state index in [4.69, 9.17) is 0 Å². The first-order chi connectivity index (χ1) is 14.3. The Labute approximate surface area is 179 Å². The van der Waals surface area contributed by atoms with E-state index in [-0.39, 0.29) is 22.9 Å². The van der Waals surface area contributed by atoms with E-state index in [0.29, 0.717) is 18.7 Å². The first-order valence-corrected chi connectivity index (χ1v) is 12.3. The van der Waals surface area contributed by atoms with Crippen molar-refractivity contribution in [1.82, 2.24) is 9.47 Å². The molecule has 1 aliphatic carbocycles. The first kappa shape index (κ1) is 21.0. The maximum atomic E-state index is 13.5. The smallest absolute Gasteiger partial charge is 0.270 e. The predicted molar refractivity (Wildman–Crippen MR) is 118 cm³/mol. The Morgan fingerprint density at radius 1 is 1.13 bits per heavy atom. The van der Waals surface area contributed by atoms with Gasteiger partial charge in [-0.1, -0.05) is 37.5 Å². The molecule has 0 spiro atoms. The second-order valence-corrected chi connectivity index (χ2v) is 10.6. The van der Waals surface area contributed by atoms with E-state index in [2.05, 4.69) is 0 Å². The summed E-state index contributed by atoms with van der Waals surface area (Å²) < 4.78 is 29.9. The van der Waals surface area contributed by atoms with E-state index in [1.54, 1.807) is 23.9 Å². The summed E-state index contributed by atoms with van der Waals surface area (Å²) in [6.45, 7) is 4.50. The third-order valence-electron chi connectivity index (χ3n) is 6.39. The van der Waals surface area contributed by atoms with Gasteiger partial charge in [-0.25, -0.2) is 8.42 Å². The van der Waals surface area contributed by atoms with Gasteiger partial charge in [0.05, 0.1) is 5.69 Å². The fraction of sp³-hybridized carbons (Fsp3) is 0.522. The van der Waals surface area contributed by atoms with Gasteiger partial charge in [-0.2, -0.15) is 0 Å². The summed E-state index contributed by atoms with van der Waals surface area (Å²) in [5, 5.41) is 0. The lowest BCUT2D eigenvalue weighted by molar-refractivity contribution is 0.0545. The van der Waals surface area contributed by atoms with Crippen LogP contribution in [0.1, 0.15) is 62.0 Å². The molecule has 1 fully saturated rings. The van der Waals surface area contributed by atoms with Crippen molar-refractivity contribution < 1.29 is 13.2 Å². The minimum absolute atomic E-state index is 0.0704. The van der Waals surface area contributed by atoms with Crippen molar-refractivity contribution in [2.45, 2.75) is 69.4 Å². The molecule has 4 rings (SSSR count). The van der Waals surface area contributed by atoms with Crippen LogP contribution < -0.4 is 4.31 Å². The van der Waals surface area contributed by atoms with Gasteiger partial charge < -0.3 is 9.47 Å². The van der Waals surface area contributed by atoms with Crippen LogP contribution in [0.25, 0.3) is 0 Å². The van der Waals surface area contributed by atoms with Gasteiger partial charge in [0, 0.05) is 31.9 Å². The van der Waals surface area contributed by atoms with Crippen molar-refractivity contribution in [3.8, 4) is 0 Å². The number of carbonyl (C=O) groups is 1. The molecule has 1 aromatic carbocycles. The fourth-order valence-corrected chi connectivity index (χ4v) is 6.46. The Kier molecular flexibility index (Phi) is 5.66. The van der Waals surface area contributed by atoms with Crippen molar-refractivity contribution in [3.05, 3.63) is 47.8 Å². The molecule has 162 valence electrons. The van der Waals surface area contributed by atoms with Crippen LogP contribution in [0.4, 0.5) is 5.69 Å². The first-order valence-electron chi connectivity index (χ1n) is 10.9. The van der Waals surface area contributed by atoms with Crippen LogP contribution in [0.15, 0.2) is 41.4 Å². The molecule has 0 bridgehead atoms. The summed E-state index contributed by atoms with van der Waals surface area (Å²) in [5.41, 5.74) is 2.21. The molecule has 7 heteroatoms. The number of aryl methyl sites for hydroxylation is 1. The van der Waals surface area contributed by atoms with Crippen LogP contribution >= 0.6 is 0 Å². The number of aromatic nitrogens is 1. The Hall–Kier alpha value is -2.28. The van der Waals surface area contributed by atoms with Gasteiger partial charge in [0.25, 0.3) is 15.9 Å². The molecule has 0 N–H and O–H groups in total. The zero-order chi connectivity index (χ0) is 21.5. The van der Waals surface area contributed by atoms with E-state index in [1.165, 1.54) is 10.7 Å². The van der Waals surface area contributed by atoms with Crippen molar-refractivity contribution >= 4 is 21.6 Å². The average molecular weight is 430 g/mol. The fourth-order valence-electron chi connectivity index (χ4n) is 4.89. The lowest BCUT2D eigenvalue weighted by Gasteiger charge is -2.37. The Bertz CT molecular complexity index is 1040. The second-order valence-electron chi connectivity index (χ2n) is 8.73. The standard InChI is InChI=1S/C23H31N3O3S/c1-17(2)26(19-10-5-4-6-11-19)23(27)22-15-20(16-24(22)3)30(28,29)25-14-13-18-9-7-8-12-21(18)25/h7-9,12,15-17,19H,4-6,10-11,13-14H2,1-3H3. The summed E-state index contributed by atoms with van der Waals surface area (Å²) in [6.07, 6.45) is 7.82. The molecule has 6 nitrogen and oxygen atoms in total. The molecule has 30 heavy (non-hydrogen) atoms. The molecule has 0 unspecified atom stereocenters. The number of sulfonamides is 1. The Morgan fingerprint density at radius 3 is 2.53 bits per heavy atom. The van der Waals surface area contributed by atoms with Crippen LogP contribution in [0.3, 0.4) is 0 Å². The van der Waals surface area contributed by atoms with Crippen molar-refractivity contribution in [2.75, 3.05) is 10.8 Å². The van der Waals surface area contributed by atoms with E-state index in [9.17, 15) is 13.2 Å². The molecule has 2 aliphatic rings. The quantitative estimate of drug-likeness (QED) is 0.723. The highest BCUT2D eigenvalue weighted by molar-refractivity contribution is 7.92. The number of rotatable bonds is 5. The predicted octanol–water partition coefficient (Wildman–Crippen LogP) is 3.96. The summed E-state index contributed by atoms with van der Waals surface area (Å²) in [5.74, 6) is -0.0809. The maximum Gasteiger partial charge on any atom is 0.270 e. The van der Waals surface area contributed by atoms with E-state index in [0.717, 1.165) is 36.9 Å². The molecule has 2 heterocycles. The molecule has 1 saturated carbocycles. The number of benzene rings is 1. The van der Waals surface area contributed by atoms with Crippen LogP contribution in [-0.2, 0) is 23.5 Å². The molecule has 1 aromatic heterocycles. The Balaban J connectivity index is 1.65. The molecule has 0 atom stereocenters. The highest BCUT2D eigenvalue weighted by Crippen LogP contribution is 2.33. The van der Waals surface area contributed by atoms with Crippen LogP contribution in [0, 0.1) is 0 Å². The number of para-hydroxylation sites is 1. The molecule has 1 amide bonds. The number of amides is 1. The molecular weight excluding hydrogens is 398 g/mol. The lowest BCUT2D eigenvalue weighted by Crippen LogP contribution is -2.46. The van der Waals surface area contributed by atoms with Crippen molar-refractivity contribution in [3.63, 3.8) is 0 Å². The lowest BCUT2D eigenvalue weighted by atomic mass is 9.93. The van der Waals surface area contributed by atoms with Gasteiger partial charge in [-0.15, -0.1) is 0 Å². The zero-order valence-corrected chi connectivity index (χ0v) is 18.9. The molecule has 0 radical (unpaired) electrons. The van der Waals surface area contributed by atoms with Gasteiger partial charge in [-0.3, -0.25) is 9.10 Å². The Morgan fingerprint density at radius 2 is 1.83 bits per heavy atom. The zero-order valence-electron chi connectivity index (χ0n) is 18.0. The number of carbonyl (C=O) groups excluding carboxylic acids is 1.